The molecule has 0 spiro atoms. The SMILES string of the molecule is O=C(Oc1c(F)c(F)c(F)c(F)c1F)c1ccc(Cn2cccn2)c(OC(F)F)c1. The lowest BCUT2D eigenvalue weighted by Gasteiger charge is -2.13. The molecule has 0 unspecified atom stereocenters. The summed E-state index contributed by atoms with van der Waals surface area (Å²) in [5.41, 5.74) is -0.384. The summed E-state index contributed by atoms with van der Waals surface area (Å²) in [7, 11) is 0. The second kappa shape index (κ2) is 8.43. The number of aromatic nitrogens is 2. The van der Waals surface area contributed by atoms with Gasteiger partial charge in [0.1, 0.15) is 5.75 Å². The molecule has 2 aromatic carbocycles. The van der Waals surface area contributed by atoms with Gasteiger partial charge in [-0.1, -0.05) is 6.07 Å². The van der Waals surface area contributed by atoms with Gasteiger partial charge in [0.2, 0.25) is 34.8 Å². The lowest BCUT2D eigenvalue weighted by Crippen LogP contribution is -2.15. The first-order valence-electron chi connectivity index (χ1n) is 7.97. The molecule has 0 aliphatic heterocycles. The highest BCUT2D eigenvalue weighted by atomic mass is 19.3. The van der Waals surface area contributed by atoms with E-state index in [-0.39, 0.29) is 12.1 Å². The van der Waals surface area contributed by atoms with Crippen LogP contribution in [0.1, 0.15) is 15.9 Å². The standard InChI is InChI=1S/C18H9F7N2O3/c19-11-12(20)14(22)16(15(23)13(11)21)30-17(28)8-2-3-9(7-27-5-1-4-26-27)10(6-8)29-18(24)25/h1-6,18H,7H2. The van der Waals surface area contributed by atoms with Crippen LogP contribution in [-0.2, 0) is 6.54 Å². The first kappa shape index (κ1) is 21.1. The van der Waals surface area contributed by atoms with E-state index in [0.717, 1.165) is 12.1 Å². The largest absolute Gasteiger partial charge is 0.434 e. The van der Waals surface area contributed by atoms with Gasteiger partial charge in [-0.05, 0) is 18.2 Å². The molecule has 0 N–H and O–H groups in total. The van der Waals surface area contributed by atoms with E-state index in [1.54, 1.807) is 6.07 Å². The second-order valence-electron chi connectivity index (χ2n) is 5.69. The van der Waals surface area contributed by atoms with Crippen LogP contribution in [0.2, 0.25) is 0 Å². The molecule has 0 atom stereocenters. The zero-order valence-electron chi connectivity index (χ0n) is 14.5. The Morgan fingerprint density at radius 1 is 1.00 bits per heavy atom. The Bertz CT molecular complexity index is 1060. The molecule has 1 heterocycles. The van der Waals surface area contributed by atoms with E-state index in [9.17, 15) is 35.5 Å². The molecule has 0 aliphatic carbocycles. The van der Waals surface area contributed by atoms with Gasteiger partial charge in [0.05, 0.1) is 12.1 Å². The summed E-state index contributed by atoms with van der Waals surface area (Å²) in [6.07, 6.45) is 2.96. The Morgan fingerprint density at radius 2 is 1.63 bits per heavy atom. The van der Waals surface area contributed by atoms with E-state index in [4.69, 9.17) is 0 Å². The van der Waals surface area contributed by atoms with Crippen LogP contribution in [0, 0.1) is 29.1 Å². The average Bonchev–Trinajstić information content (AvgIpc) is 3.22. The van der Waals surface area contributed by atoms with Crippen molar-refractivity contribution in [1.29, 1.82) is 0 Å². The fourth-order valence-electron chi connectivity index (χ4n) is 2.41. The summed E-state index contributed by atoms with van der Waals surface area (Å²) in [6.45, 7) is -3.30. The van der Waals surface area contributed by atoms with Crippen molar-refractivity contribution in [2.75, 3.05) is 0 Å². The topological polar surface area (TPSA) is 53.4 Å². The van der Waals surface area contributed by atoms with E-state index in [0.29, 0.717) is 0 Å². The van der Waals surface area contributed by atoms with Crippen molar-refractivity contribution in [3.05, 3.63) is 76.9 Å². The number of halogens is 7. The van der Waals surface area contributed by atoms with Crippen LogP contribution in [0.15, 0.2) is 36.7 Å². The quantitative estimate of drug-likeness (QED) is 0.189. The first-order chi connectivity index (χ1) is 14.2. The summed E-state index contributed by atoms with van der Waals surface area (Å²) in [4.78, 5) is 12.1. The Labute approximate surface area is 163 Å². The third-order valence-electron chi connectivity index (χ3n) is 3.77. The van der Waals surface area contributed by atoms with Crippen molar-refractivity contribution >= 4 is 5.97 Å². The van der Waals surface area contributed by atoms with Crippen molar-refractivity contribution in [3.8, 4) is 11.5 Å². The van der Waals surface area contributed by atoms with Crippen LogP contribution >= 0.6 is 0 Å². The van der Waals surface area contributed by atoms with Crippen LogP contribution in [0.25, 0.3) is 0 Å². The third kappa shape index (κ3) is 4.21. The van der Waals surface area contributed by atoms with Gasteiger partial charge in [-0.2, -0.15) is 22.7 Å². The Balaban J connectivity index is 1.93. The van der Waals surface area contributed by atoms with Gasteiger partial charge in [0.25, 0.3) is 0 Å². The summed E-state index contributed by atoms with van der Waals surface area (Å²) < 4.78 is 102. The fourth-order valence-corrected chi connectivity index (χ4v) is 2.41. The van der Waals surface area contributed by atoms with Crippen LogP contribution in [0.3, 0.4) is 0 Å². The number of ether oxygens (including phenoxy) is 2. The summed E-state index contributed by atoms with van der Waals surface area (Å²) in [5, 5.41) is 3.89. The molecule has 1 aromatic heterocycles. The van der Waals surface area contributed by atoms with Crippen molar-refractivity contribution in [2.45, 2.75) is 13.2 Å². The highest BCUT2D eigenvalue weighted by Gasteiger charge is 2.29. The lowest BCUT2D eigenvalue weighted by atomic mass is 10.1. The minimum absolute atomic E-state index is 0.0258. The van der Waals surface area contributed by atoms with Crippen molar-refractivity contribution in [1.82, 2.24) is 9.78 Å². The predicted octanol–water partition coefficient (Wildman–Crippen LogP) is 4.45. The van der Waals surface area contributed by atoms with Crippen molar-refractivity contribution < 1.29 is 45.0 Å². The summed E-state index contributed by atoms with van der Waals surface area (Å²) in [5.74, 6) is -15.6. The lowest BCUT2D eigenvalue weighted by molar-refractivity contribution is -0.0505. The zero-order chi connectivity index (χ0) is 22.0. The van der Waals surface area contributed by atoms with Gasteiger partial charge in [-0.25, -0.2) is 18.0 Å². The van der Waals surface area contributed by atoms with Crippen LogP contribution in [0.5, 0.6) is 11.5 Å². The molecule has 30 heavy (non-hydrogen) atoms. The molecule has 5 nitrogen and oxygen atoms in total. The molecule has 0 amide bonds. The van der Waals surface area contributed by atoms with Crippen molar-refractivity contribution in [2.24, 2.45) is 0 Å². The number of alkyl halides is 2. The maximum absolute atomic E-state index is 13.7. The molecule has 3 rings (SSSR count). The van der Waals surface area contributed by atoms with Crippen LogP contribution in [0.4, 0.5) is 30.7 Å². The van der Waals surface area contributed by atoms with E-state index in [2.05, 4.69) is 14.6 Å². The number of rotatable bonds is 6. The highest BCUT2D eigenvalue weighted by molar-refractivity contribution is 5.91. The van der Waals surface area contributed by atoms with Gasteiger partial charge in [0, 0.05) is 18.0 Å². The molecule has 3 aromatic rings. The molecular weight excluding hydrogens is 425 g/mol. The molecule has 0 saturated heterocycles. The molecule has 12 heteroatoms. The van der Waals surface area contributed by atoms with E-state index in [1.807, 2.05) is 0 Å². The number of carbonyl (C=O) groups excluding carboxylic acids is 1. The Hall–Kier alpha value is -3.57. The molecule has 0 aliphatic rings. The van der Waals surface area contributed by atoms with Crippen molar-refractivity contribution in [3.63, 3.8) is 0 Å². The van der Waals surface area contributed by atoms with Gasteiger partial charge in [-0.15, -0.1) is 0 Å². The number of nitrogens with zero attached hydrogens (tertiary/aromatic N) is 2. The first-order valence-corrected chi connectivity index (χ1v) is 7.97. The van der Waals surface area contributed by atoms with Gasteiger partial charge >= 0.3 is 12.6 Å². The highest BCUT2D eigenvalue weighted by Crippen LogP contribution is 2.30. The van der Waals surface area contributed by atoms with E-state index in [1.165, 1.54) is 23.1 Å². The predicted molar refractivity (Wildman–Crippen MR) is 85.6 cm³/mol. The van der Waals surface area contributed by atoms with Crippen LogP contribution in [-0.4, -0.2) is 22.4 Å². The molecule has 0 fully saturated rings. The van der Waals surface area contributed by atoms with Gasteiger partial charge < -0.3 is 9.47 Å². The maximum atomic E-state index is 13.7. The smallest absolute Gasteiger partial charge is 0.387 e. The minimum atomic E-state index is -3.28. The molecular formula is C18H9F7N2O3. The third-order valence-corrected chi connectivity index (χ3v) is 3.77. The van der Waals surface area contributed by atoms with E-state index < -0.39 is 58.7 Å². The normalized spacial score (nSPS) is 11.1. The van der Waals surface area contributed by atoms with Crippen LogP contribution < -0.4 is 9.47 Å². The minimum Gasteiger partial charge on any atom is -0.434 e. The Kier molecular flexibility index (Phi) is 5.94. The van der Waals surface area contributed by atoms with Gasteiger partial charge in [0.15, 0.2) is 0 Å². The molecule has 0 bridgehead atoms. The number of benzene rings is 2. The molecule has 158 valence electrons. The molecule has 0 saturated carbocycles. The second-order valence-corrected chi connectivity index (χ2v) is 5.69. The monoisotopic (exact) mass is 434 g/mol. The number of carbonyl (C=O) groups is 1. The van der Waals surface area contributed by atoms with Gasteiger partial charge in [-0.3, -0.25) is 4.68 Å². The number of esters is 1. The summed E-state index contributed by atoms with van der Waals surface area (Å²) >= 11 is 0. The molecule has 0 radical (unpaired) electrons. The fraction of sp³-hybridized carbons (Fsp3) is 0.111. The summed E-state index contributed by atoms with van der Waals surface area (Å²) in [6, 6.07) is 4.56. The average molecular weight is 434 g/mol. The maximum Gasteiger partial charge on any atom is 0.387 e. The zero-order valence-corrected chi connectivity index (χ0v) is 14.5. The Morgan fingerprint density at radius 3 is 2.20 bits per heavy atom. The van der Waals surface area contributed by atoms with E-state index >= 15 is 0 Å². The number of hydrogen-bond donors (Lipinski definition) is 0. The number of hydrogen-bond acceptors (Lipinski definition) is 4.